The van der Waals surface area contributed by atoms with Crippen LogP contribution in [0.3, 0.4) is 0 Å². The normalized spacial score (nSPS) is 10.6. The van der Waals surface area contributed by atoms with Crippen LogP contribution in [-0.4, -0.2) is 34.5 Å². The van der Waals surface area contributed by atoms with Crippen molar-refractivity contribution in [1.82, 2.24) is 0 Å². The van der Waals surface area contributed by atoms with Gasteiger partial charge in [-0.3, -0.25) is 0 Å². The Balaban J connectivity index is 2.76. The monoisotopic (exact) mass is 258 g/mol. The lowest BCUT2D eigenvalue weighted by Crippen LogP contribution is -1.86. The van der Waals surface area contributed by atoms with Crippen LogP contribution in [0.25, 0.3) is 0 Å². The third kappa shape index (κ3) is 13.4. The van der Waals surface area contributed by atoms with Crippen molar-refractivity contribution in [3.8, 4) is 0 Å². The molecule has 0 saturated heterocycles. The molecule has 0 N–H and O–H groups in total. The molecule has 0 atom stereocenters. The Morgan fingerprint density at radius 1 is 0.769 bits per heavy atom. The number of hydrogen-bond donors (Lipinski definition) is 0. The van der Waals surface area contributed by atoms with Crippen LogP contribution in [0, 0.1) is 0 Å². The second-order valence-corrected chi connectivity index (χ2v) is 6.73. The molecule has 0 aliphatic rings. The molecule has 0 heterocycles. The summed E-state index contributed by atoms with van der Waals surface area (Å²) in [4.78, 5) is 0. The zero-order chi connectivity index (χ0) is 9.78. The van der Waals surface area contributed by atoms with E-state index in [1.165, 1.54) is 23.0 Å². The van der Waals surface area contributed by atoms with Gasteiger partial charge in [-0.05, 0) is 11.5 Å². The largest absolute Gasteiger partial charge is 0.247 e. The average Bonchev–Trinajstić information content (AvgIpc) is 2.16. The lowest BCUT2D eigenvalue weighted by Gasteiger charge is -2.00. The highest BCUT2D eigenvalue weighted by Gasteiger charge is 1.92. The second kappa shape index (κ2) is 13.4. The Morgan fingerprint density at radius 3 is 1.62 bits per heavy atom. The minimum absolute atomic E-state index is 1.10. The first kappa shape index (κ1) is 14.4. The molecule has 5 heteroatoms. The van der Waals surface area contributed by atoms with Crippen LogP contribution in [0.2, 0.25) is 0 Å². The summed E-state index contributed by atoms with van der Waals surface area (Å²) in [5.41, 5.74) is 0. The molecule has 13 heavy (non-hydrogen) atoms. The molecule has 0 unspecified atom stereocenters. The predicted octanol–water partition coefficient (Wildman–Crippen LogP) is 3.81. The summed E-state index contributed by atoms with van der Waals surface area (Å²) in [6.45, 7) is 4.37. The maximum Gasteiger partial charge on any atom is 0.0301 e. The molecule has 0 aromatic rings. The summed E-state index contributed by atoms with van der Waals surface area (Å²) in [7, 11) is 0. The van der Waals surface area contributed by atoms with E-state index >= 15 is 0 Å². The van der Waals surface area contributed by atoms with Crippen molar-refractivity contribution in [2.75, 3.05) is 34.5 Å². The van der Waals surface area contributed by atoms with Crippen molar-refractivity contribution in [3.63, 3.8) is 0 Å². The lowest BCUT2D eigenvalue weighted by molar-refractivity contribution is 0.760. The van der Waals surface area contributed by atoms with Gasteiger partial charge in [-0.15, -0.1) is 0 Å². The number of rotatable bonds is 10. The van der Waals surface area contributed by atoms with E-state index < -0.39 is 0 Å². The van der Waals surface area contributed by atoms with Gasteiger partial charge in [0.15, 0.2) is 0 Å². The van der Waals surface area contributed by atoms with E-state index in [4.69, 9.17) is 3.63 Å². The average molecular weight is 258 g/mol. The van der Waals surface area contributed by atoms with Gasteiger partial charge in [0, 0.05) is 47.1 Å². The molecule has 0 aromatic carbocycles. The Morgan fingerprint density at radius 2 is 1.23 bits per heavy atom. The standard InChI is InChI=1S/C8H18OS4/c1-3-10-5-7-12-9-13-8-6-11-4-2/h3-8H2,1-2H3. The highest BCUT2D eigenvalue weighted by Crippen LogP contribution is 2.17. The van der Waals surface area contributed by atoms with Gasteiger partial charge in [0.25, 0.3) is 0 Å². The van der Waals surface area contributed by atoms with E-state index in [1.54, 1.807) is 24.1 Å². The van der Waals surface area contributed by atoms with Crippen molar-refractivity contribution in [2.45, 2.75) is 13.8 Å². The zero-order valence-corrected chi connectivity index (χ0v) is 11.5. The Bertz CT molecular complexity index is 82.2. The minimum atomic E-state index is 1.10. The molecule has 0 aromatic heterocycles. The topological polar surface area (TPSA) is 9.23 Å². The van der Waals surface area contributed by atoms with Crippen LogP contribution in [0.5, 0.6) is 0 Å². The molecule has 0 aliphatic heterocycles. The molecule has 1 nitrogen and oxygen atoms in total. The van der Waals surface area contributed by atoms with E-state index in [-0.39, 0.29) is 0 Å². The van der Waals surface area contributed by atoms with Gasteiger partial charge >= 0.3 is 0 Å². The Kier molecular flexibility index (Phi) is 14.8. The van der Waals surface area contributed by atoms with Crippen LogP contribution < -0.4 is 0 Å². The van der Waals surface area contributed by atoms with Gasteiger partial charge in [-0.1, -0.05) is 13.8 Å². The van der Waals surface area contributed by atoms with Crippen LogP contribution in [0.1, 0.15) is 13.8 Å². The van der Waals surface area contributed by atoms with Crippen molar-refractivity contribution in [3.05, 3.63) is 0 Å². The summed E-state index contributed by atoms with van der Waals surface area (Å²) in [5.74, 6) is 7.03. The highest BCUT2D eigenvalue weighted by molar-refractivity contribution is 8.09. The molecule has 0 rings (SSSR count). The number of hydrogen-bond acceptors (Lipinski definition) is 5. The van der Waals surface area contributed by atoms with Crippen molar-refractivity contribution in [1.29, 1.82) is 0 Å². The zero-order valence-electron chi connectivity index (χ0n) is 8.28. The molecule has 0 spiro atoms. The molecular weight excluding hydrogens is 240 g/mol. The van der Waals surface area contributed by atoms with Gasteiger partial charge in [0.05, 0.1) is 0 Å². The first-order valence-corrected chi connectivity index (χ1v) is 8.61. The Labute approximate surface area is 99.3 Å². The summed E-state index contributed by atoms with van der Waals surface area (Å²) >= 11 is 7.10. The molecule has 0 amide bonds. The van der Waals surface area contributed by atoms with Crippen LogP contribution in [0.4, 0.5) is 0 Å². The molecule has 0 bridgehead atoms. The third-order valence-corrected chi connectivity index (χ3v) is 4.96. The summed E-state index contributed by atoms with van der Waals surface area (Å²) in [5, 5.41) is 0. The molecule has 0 fully saturated rings. The SMILES string of the molecule is CCSCCSOSCCSCC. The first-order valence-electron chi connectivity index (χ1n) is 4.48. The van der Waals surface area contributed by atoms with Crippen LogP contribution >= 0.6 is 47.6 Å². The Hall–Kier alpha value is 1.36. The van der Waals surface area contributed by atoms with E-state index in [1.807, 2.05) is 23.5 Å². The minimum Gasteiger partial charge on any atom is -0.247 e. The van der Waals surface area contributed by atoms with Crippen molar-refractivity contribution in [2.24, 2.45) is 0 Å². The third-order valence-electron chi connectivity index (χ3n) is 1.13. The molecular formula is C8H18OS4. The van der Waals surface area contributed by atoms with Crippen molar-refractivity contribution >= 4 is 47.6 Å². The second-order valence-electron chi connectivity index (χ2n) is 2.11. The van der Waals surface area contributed by atoms with Crippen molar-refractivity contribution < 1.29 is 3.63 Å². The van der Waals surface area contributed by atoms with E-state index in [0.29, 0.717) is 0 Å². The van der Waals surface area contributed by atoms with Crippen LogP contribution in [0.15, 0.2) is 0 Å². The summed E-state index contributed by atoms with van der Waals surface area (Å²) in [6.07, 6.45) is 0. The lowest BCUT2D eigenvalue weighted by atomic mass is 10.9. The predicted molar refractivity (Wildman–Crippen MR) is 72.0 cm³/mol. The highest BCUT2D eigenvalue weighted by atomic mass is 32.2. The van der Waals surface area contributed by atoms with Gasteiger partial charge in [-0.25, -0.2) is 3.63 Å². The first-order chi connectivity index (χ1) is 6.41. The fraction of sp³-hybridized carbons (Fsp3) is 1.00. The van der Waals surface area contributed by atoms with E-state index in [0.717, 1.165) is 11.5 Å². The van der Waals surface area contributed by atoms with E-state index in [2.05, 4.69) is 13.8 Å². The molecule has 0 radical (unpaired) electrons. The molecule has 0 saturated carbocycles. The maximum atomic E-state index is 5.33. The van der Waals surface area contributed by atoms with Crippen LogP contribution in [-0.2, 0) is 3.63 Å². The van der Waals surface area contributed by atoms with E-state index in [9.17, 15) is 0 Å². The van der Waals surface area contributed by atoms with Gasteiger partial charge in [0.1, 0.15) is 0 Å². The summed E-state index contributed by atoms with van der Waals surface area (Å²) < 4.78 is 5.33. The van der Waals surface area contributed by atoms with Gasteiger partial charge in [-0.2, -0.15) is 23.5 Å². The maximum absolute atomic E-state index is 5.33. The number of thioether (sulfide) groups is 2. The molecule has 80 valence electrons. The summed E-state index contributed by atoms with van der Waals surface area (Å²) in [6, 6.07) is 0. The van der Waals surface area contributed by atoms with Gasteiger partial charge < -0.3 is 0 Å². The fourth-order valence-corrected chi connectivity index (χ4v) is 3.46. The quantitative estimate of drug-likeness (QED) is 0.434. The fourth-order valence-electron chi connectivity index (χ4n) is 0.577. The molecule has 0 aliphatic carbocycles. The smallest absolute Gasteiger partial charge is 0.0301 e. The van der Waals surface area contributed by atoms with Gasteiger partial charge in [0.2, 0.25) is 0 Å².